The molecule has 1 atom stereocenters. The Hall–Kier alpha value is -2.58. The average molecular weight is 1010 g/mol. The number of aliphatic carboxylic acids is 2. The third kappa shape index (κ3) is 53.5. The normalized spacial score (nSPS) is 11.5. The summed E-state index contributed by atoms with van der Waals surface area (Å²) in [6, 6.07) is 0. The Bertz CT molecular complexity index is 1170. The van der Waals surface area contributed by atoms with E-state index in [1.165, 1.54) is 135 Å². The molecule has 71 heavy (non-hydrogen) atoms. The number of carboxylic acid groups (broad SMARTS) is 2. The van der Waals surface area contributed by atoms with Gasteiger partial charge in [0.05, 0.1) is 0 Å². The third-order valence-electron chi connectivity index (χ3n) is 14.1. The minimum Gasteiger partial charge on any atom is -0.481 e. The summed E-state index contributed by atoms with van der Waals surface area (Å²) in [6.07, 6.45) is 46.2. The molecule has 0 aromatic rings. The van der Waals surface area contributed by atoms with Gasteiger partial charge in [-0.05, 0) is 71.1 Å². The van der Waals surface area contributed by atoms with Crippen LogP contribution in [0.5, 0.6) is 0 Å². The molecule has 0 aliphatic rings. The number of alkyl carbamates (subject to hydrolysis) is 1. The smallest absolute Gasteiger partial charge is 0.407 e. The van der Waals surface area contributed by atoms with E-state index in [9.17, 15) is 19.2 Å². The molecule has 9 heteroatoms. The highest BCUT2D eigenvalue weighted by Gasteiger charge is 2.42. The van der Waals surface area contributed by atoms with Crippen molar-refractivity contribution in [2.24, 2.45) is 0 Å². The lowest BCUT2D eigenvalue weighted by Crippen LogP contribution is -2.54. The first-order valence-electron chi connectivity index (χ1n) is 30.4. The lowest BCUT2D eigenvalue weighted by molar-refractivity contribution is -0.158. The standard InChI is InChI=1S/C34H63NO6.C18H36O2.2C5H12/c1-8-13-14-21-24-29(25-22-19-17-15-16-18-20-23-26-30(36)37)40-32(39)35-33(9-2,10-3)27-34(11-4,12-5)41-31(38)28(6)7;1-2-3-4-5-6-7-8-9-10-11-12-13-14-15-16-17-18(19)20;2*1-3-5-4-2/h29H,6,8-27H2,1-5,7H3,(H,35,39)(H,36,37);2-17H2,1H3,(H,19,20);2*3-5H2,1-2H3. The fourth-order valence-corrected chi connectivity index (χ4v) is 8.82. The summed E-state index contributed by atoms with van der Waals surface area (Å²) in [7, 11) is 0. The molecule has 0 radical (unpaired) electrons. The molecular formula is C62H123NO8. The number of nitrogens with one attached hydrogen (secondary N) is 1. The van der Waals surface area contributed by atoms with Gasteiger partial charge in [0, 0.05) is 30.4 Å². The zero-order chi connectivity index (χ0) is 54.3. The van der Waals surface area contributed by atoms with Crippen LogP contribution in [0.3, 0.4) is 0 Å². The third-order valence-corrected chi connectivity index (χ3v) is 14.1. The SMILES string of the molecule is C=C(C)C(=O)OC(CC)(CC)CC(CC)(CC)NC(=O)OC(CCCCCC)CCCCCCCCCCC(=O)O.CCCCC.CCCCC.CCCCCCCCCCCCCCCCCC(=O)O. The molecular weight excluding hydrogens is 887 g/mol. The van der Waals surface area contributed by atoms with E-state index >= 15 is 0 Å². The van der Waals surface area contributed by atoms with Gasteiger partial charge in [-0.2, -0.15) is 0 Å². The monoisotopic (exact) mass is 1010 g/mol. The van der Waals surface area contributed by atoms with Crippen molar-refractivity contribution < 1.29 is 38.9 Å². The van der Waals surface area contributed by atoms with E-state index in [0.717, 1.165) is 89.9 Å². The Morgan fingerprint density at radius 3 is 1.00 bits per heavy atom. The van der Waals surface area contributed by atoms with Gasteiger partial charge >= 0.3 is 24.0 Å². The van der Waals surface area contributed by atoms with Crippen molar-refractivity contribution in [3.8, 4) is 0 Å². The van der Waals surface area contributed by atoms with Crippen LogP contribution in [-0.2, 0) is 23.9 Å². The zero-order valence-corrected chi connectivity index (χ0v) is 49.3. The maximum Gasteiger partial charge on any atom is 0.407 e. The highest BCUT2D eigenvalue weighted by molar-refractivity contribution is 5.87. The van der Waals surface area contributed by atoms with Crippen molar-refractivity contribution in [2.45, 2.75) is 363 Å². The molecule has 0 saturated carbocycles. The quantitative estimate of drug-likeness (QED) is 0.0311. The number of hydrogen-bond acceptors (Lipinski definition) is 6. The van der Waals surface area contributed by atoms with Crippen molar-refractivity contribution in [1.29, 1.82) is 0 Å². The van der Waals surface area contributed by atoms with Gasteiger partial charge in [0.1, 0.15) is 11.7 Å². The van der Waals surface area contributed by atoms with Gasteiger partial charge in [0.15, 0.2) is 0 Å². The molecule has 3 N–H and O–H groups in total. The van der Waals surface area contributed by atoms with Gasteiger partial charge in [0.2, 0.25) is 0 Å². The highest BCUT2D eigenvalue weighted by atomic mass is 16.6. The second kappa shape index (κ2) is 56.7. The minimum atomic E-state index is -0.709. The molecule has 0 aliphatic carbocycles. The van der Waals surface area contributed by atoms with E-state index in [0.29, 0.717) is 44.1 Å². The molecule has 0 heterocycles. The molecule has 0 aliphatic heterocycles. The van der Waals surface area contributed by atoms with Crippen LogP contribution in [0, 0.1) is 0 Å². The topological polar surface area (TPSA) is 139 Å². The van der Waals surface area contributed by atoms with Gasteiger partial charge in [-0.15, -0.1) is 0 Å². The van der Waals surface area contributed by atoms with Crippen molar-refractivity contribution in [1.82, 2.24) is 5.32 Å². The zero-order valence-electron chi connectivity index (χ0n) is 49.3. The number of hydrogen-bond donors (Lipinski definition) is 3. The van der Waals surface area contributed by atoms with Crippen LogP contribution >= 0.6 is 0 Å². The minimum absolute atomic E-state index is 0.0994. The van der Waals surface area contributed by atoms with Crippen LogP contribution in [0.15, 0.2) is 12.2 Å². The molecule has 0 saturated heterocycles. The van der Waals surface area contributed by atoms with Crippen molar-refractivity contribution in [3.63, 3.8) is 0 Å². The fraction of sp³-hybridized carbons (Fsp3) is 0.903. The van der Waals surface area contributed by atoms with Gasteiger partial charge in [-0.1, -0.05) is 262 Å². The first kappa shape index (κ1) is 74.9. The number of carboxylic acids is 2. The Labute approximate surface area is 441 Å². The average Bonchev–Trinajstić information content (AvgIpc) is 3.34. The first-order valence-corrected chi connectivity index (χ1v) is 30.4. The van der Waals surface area contributed by atoms with E-state index in [1.54, 1.807) is 6.92 Å². The van der Waals surface area contributed by atoms with Gasteiger partial charge < -0.3 is 25.0 Å². The lowest BCUT2D eigenvalue weighted by Gasteiger charge is -2.42. The maximum atomic E-state index is 13.3. The molecule has 424 valence electrons. The predicted molar refractivity (Wildman–Crippen MR) is 306 cm³/mol. The summed E-state index contributed by atoms with van der Waals surface area (Å²) < 4.78 is 12.0. The molecule has 0 bridgehead atoms. The van der Waals surface area contributed by atoms with Gasteiger partial charge in [0.25, 0.3) is 0 Å². The Morgan fingerprint density at radius 2 is 0.732 bits per heavy atom. The first-order chi connectivity index (χ1) is 34.1. The van der Waals surface area contributed by atoms with Crippen LogP contribution in [-0.4, -0.2) is 51.5 Å². The molecule has 0 spiro atoms. The number of carbonyl (C=O) groups is 4. The number of amides is 1. The van der Waals surface area contributed by atoms with Crippen LogP contribution < -0.4 is 5.32 Å². The molecule has 1 amide bonds. The Morgan fingerprint density at radius 1 is 0.437 bits per heavy atom. The van der Waals surface area contributed by atoms with E-state index in [2.05, 4.69) is 67.3 Å². The number of carbonyl (C=O) groups excluding carboxylic acids is 2. The summed E-state index contributed by atoms with van der Waals surface area (Å²) in [5.74, 6) is -1.75. The predicted octanol–water partition coefficient (Wildman–Crippen LogP) is 20.4. The van der Waals surface area contributed by atoms with Crippen molar-refractivity contribution in [3.05, 3.63) is 12.2 Å². The highest BCUT2D eigenvalue weighted by Crippen LogP contribution is 2.35. The summed E-state index contributed by atoms with van der Waals surface area (Å²) in [5.41, 5.74) is -0.829. The summed E-state index contributed by atoms with van der Waals surface area (Å²) in [4.78, 5) is 46.7. The molecule has 0 aromatic heterocycles. The molecule has 9 nitrogen and oxygen atoms in total. The lowest BCUT2D eigenvalue weighted by atomic mass is 9.78. The molecule has 0 fully saturated rings. The van der Waals surface area contributed by atoms with E-state index < -0.39 is 23.1 Å². The number of ether oxygens (including phenoxy) is 2. The maximum absolute atomic E-state index is 13.3. The van der Waals surface area contributed by atoms with Gasteiger partial charge in [-0.25, -0.2) is 9.59 Å². The van der Waals surface area contributed by atoms with E-state index in [1.807, 2.05) is 13.8 Å². The summed E-state index contributed by atoms with van der Waals surface area (Å²) in [6.45, 7) is 26.9. The van der Waals surface area contributed by atoms with Crippen LogP contribution in [0.1, 0.15) is 346 Å². The molecule has 0 rings (SSSR count). The molecule has 1 unspecified atom stereocenters. The van der Waals surface area contributed by atoms with E-state index in [-0.39, 0.29) is 24.6 Å². The number of rotatable bonds is 46. The van der Waals surface area contributed by atoms with Crippen LogP contribution in [0.2, 0.25) is 0 Å². The van der Waals surface area contributed by atoms with Crippen molar-refractivity contribution in [2.75, 3.05) is 0 Å². The largest absolute Gasteiger partial charge is 0.481 e. The second-order valence-electron chi connectivity index (χ2n) is 20.8. The Balaban J connectivity index is -0.000000612. The number of unbranched alkanes of at least 4 members (excludes halogenated alkanes) is 28. The Kier molecular flexibility index (Phi) is 59.9. The van der Waals surface area contributed by atoms with Crippen LogP contribution in [0.4, 0.5) is 4.79 Å². The fourth-order valence-electron chi connectivity index (χ4n) is 8.82. The van der Waals surface area contributed by atoms with Gasteiger partial charge in [-0.3, -0.25) is 9.59 Å². The summed E-state index contributed by atoms with van der Waals surface area (Å²) >= 11 is 0. The molecule has 0 aromatic carbocycles. The van der Waals surface area contributed by atoms with E-state index in [4.69, 9.17) is 19.7 Å². The number of esters is 1. The van der Waals surface area contributed by atoms with Crippen molar-refractivity contribution >= 4 is 24.0 Å². The second-order valence-corrected chi connectivity index (χ2v) is 20.8. The van der Waals surface area contributed by atoms with Crippen LogP contribution in [0.25, 0.3) is 0 Å². The summed E-state index contributed by atoms with van der Waals surface area (Å²) in [5, 5.41) is 20.5.